The first-order chi connectivity index (χ1) is 9.66. The van der Waals surface area contributed by atoms with E-state index in [4.69, 9.17) is 0 Å². The van der Waals surface area contributed by atoms with E-state index >= 15 is 0 Å². The van der Waals surface area contributed by atoms with Gasteiger partial charge in [-0.05, 0) is 29.5 Å². The van der Waals surface area contributed by atoms with Crippen LogP contribution in [-0.2, 0) is 4.79 Å². The first-order valence-corrected chi connectivity index (χ1v) is 7.16. The predicted molar refractivity (Wildman–Crippen MR) is 82.7 cm³/mol. The number of hydrogen-bond acceptors (Lipinski definition) is 1. The normalized spacial score (nSPS) is 17.1. The van der Waals surface area contributed by atoms with Crippen LogP contribution in [0.15, 0.2) is 48.5 Å². The van der Waals surface area contributed by atoms with Crippen LogP contribution in [0.5, 0.6) is 0 Å². The summed E-state index contributed by atoms with van der Waals surface area (Å²) in [7, 11) is 0. The van der Waals surface area contributed by atoms with Gasteiger partial charge in [-0.2, -0.15) is 0 Å². The number of hydrogen-bond donors (Lipinski definition) is 1. The van der Waals surface area contributed by atoms with Crippen LogP contribution in [0.4, 0.5) is 5.69 Å². The summed E-state index contributed by atoms with van der Waals surface area (Å²) in [6.45, 7) is 4.32. The lowest BCUT2D eigenvalue weighted by molar-refractivity contribution is -0.117. The van der Waals surface area contributed by atoms with Crippen molar-refractivity contribution in [1.82, 2.24) is 0 Å². The van der Waals surface area contributed by atoms with Gasteiger partial charge in [0.2, 0.25) is 5.91 Å². The van der Waals surface area contributed by atoms with Crippen molar-refractivity contribution in [1.29, 1.82) is 0 Å². The van der Waals surface area contributed by atoms with E-state index in [-0.39, 0.29) is 11.8 Å². The van der Waals surface area contributed by atoms with E-state index in [1.807, 2.05) is 30.3 Å². The Labute approximate surface area is 119 Å². The van der Waals surface area contributed by atoms with Crippen LogP contribution in [-0.4, -0.2) is 5.91 Å². The van der Waals surface area contributed by atoms with Crippen LogP contribution in [0, 0.1) is 5.92 Å². The summed E-state index contributed by atoms with van der Waals surface area (Å²) in [5.74, 6) is 0.523. The molecule has 1 unspecified atom stereocenters. The number of anilines is 1. The minimum Gasteiger partial charge on any atom is -0.325 e. The Kier molecular flexibility index (Phi) is 3.31. The summed E-state index contributed by atoms with van der Waals surface area (Å²) in [6.07, 6.45) is 0.872. The first-order valence-electron chi connectivity index (χ1n) is 7.16. The molecule has 0 spiro atoms. The summed E-state index contributed by atoms with van der Waals surface area (Å²) in [5, 5.41) is 3.09. The van der Waals surface area contributed by atoms with E-state index in [1.165, 1.54) is 5.56 Å². The van der Waals surface area contributed by atoms with Gasteiger partial charge >= 0.3 is 0 Å². The highest BCUT2D eigenvalue weighted by Gasteiger charge is 2.28. The highest BCUT2D eigenvalue weighted by atomic mass is 16.1. The maximum atomic E-state index is 12.6. The second-order valence-corrected chi connectivity index (χ2v) is 5.80. The zero-order chi connectivity index (χ0) is 14.1. The second kappa shape index (κ2) is 5.12. The average molecular weight is 265 g/mol. The molecule has 2 aromatic carbocycles. The molecule has 1 heterocycles. The standard InChI is InChI=1S/C18H19NO/c1-12(2)11-16-14-8-4-3-7-13(14)15-9-5-6-10-17(15)19-18(16)20/h3-10,12,16H,11H2,1-2H3,(H,19,20). The third-order valence-corrected chi connectivity index (χ3v) is 3.83. The van der Waals surface area contributed by atoms with Gasteiger partial charge in [-0.1, -0.05) is 56.3 Å². The van der Waals surface area contributed by atoms with Gasteiger partial charge in [0.1, 0.15) is 0 Å². The molecular formula is C18H19NO. The SMILES string of the molecule is CC(C)CC1C(=O)Nc2ccccc2-c2ccccc21. The van der Waals surface area contributed by atoms with E-state index < -0.39 is 0 Å². The first kappa shape index (κ1) is 12.9. The minimum absolute atomic E-state index is 0.0707. The molecule has 0 bridgehead atoms. The van der Waals surface area contributed by atoms with Crippen molar-refractivity contribution in [3.8, 4) is 11.1 Å². The van der Waals surface area contributed by atoms with E-state index in [0.717, 1.165) is 23.2 Å². The van der Waals surface area contributed by atoms with Gasteiger partial charge in [0.05, 0.1) is 5.92 Å². The van der Waals surface area contributed by atoms with Crippen LogP contribution in [0.3, 0.4) is 0 Å². The molecule has 2 aromatic rings. The molecule has 102 valence electrons. The van der Waals surface area contributed by atoms with Gasteiger partial charge in [0.15, 0.2) is 0 Å². The number of fused-ring (bicyclic) bond motifs is 3. The van der Waals surface area contributed by atoms with E-state index in [2.05, 4.69) is 37.4 Å². The molecular weight excluding hydrogens is 246 g/mol. The molecule has 2 nitrogen and oxygen atoms in total. The maximum absolute atomic E-state index is 12.6. The van der Waals surface area contributed by atoms with Crippen LogP contribution in [0.2, 0.25) is 0 Å². The van der Waals surface area contributed by atoms with Crippen molar-refractivity contribution in [2.24, 2.45) is 5.92 Å². The summed E-state index contributed by atoms with van der Waals surface area (Å²) in [4.78, 5) is 12.6. The molecule has 1 amide bonds. The highest BCUT2D eigenvalue weighted by Crippen LogP contribution is 2.39. The molecule has 1 aliphatic heterocycles. The van der Waals surface area contributed by atoms with Crippen molar-refractivity contribution in [2.45, 2.75) is 26.2 Å². The largest absolute Gasteiger partial charge is 0.325 e. The number of para-hydroxylation sites is 1. The zero-order valence-electron chi connectivity index (χ0n) is 11.9. The second-order valence-electron chi connectivity index (χ2n) is 5.80. The van der Waals surface area contributed by atoms with Crippen LogP contribution in [0.1, 0.15) is 31.7 Å². The van der Waals surface area contributed by atoms with Gasteiger partial charge in [-0.15, -0.1) is 0 Å². The Bertz CT molecular complexity index is 645. The number of benzene rings is 2. The fourth-order valence-corrected chi connectivity index (χ4v) is 2.94. The molecule has 0 saturated heterocycles. The van der Waals surface area contributed by atoms with Crippen molar-refractivity contribution >= 4 is 11.6 Å². The third kappa shape index (κ3) is 2.22. The molecule has 1 N–H and O–H groups in total. The average Bonchev–Trinajstić information content (AvgIpc) is 2.55. The van der Waals surface area contributed by atoms with Crippen molar-refractivity contribution in [2.75, 3.05) is 5.32 Å². The Hall–Kier alpha value is -2.09. The predicted octanol–water partition coefficient (Wildman–Crippen LogP) is 4.44. The van der Waals surface area contributed by atoms with Gasteiger partial charge in [0, 0.05) is 11.3 Å². The molecule has 20 heavy (non-hydrogen) atoms. The van der Waals surface area contributed by atoms with Crippen LogP contribution >= 0.6 is 0 Å². The molecule has 1 aliphatic rings. The molecule has 0 fully saturated rings. The molecule has 0 aliphatic carbocycles. The van der Waals surface area contributed by atoms with Gasteiger partial charge in [0.25, 0.3) is 0 Å². The Morgan fingerprint density at radius 2 is 1.65 bits per heavy atom. The topological polar surface area (TPSA) is 29.1 Å². The Morgan fingerprint density at radius 1 is 1.00 bits per heavy atom. The number of carbonyl (C=O) groups excluding carboxylic acids is 1. The molecule has 2 heteroatoms. The monoisotopic (exact) mass is 265 g/mol. The quantitative estimate of drug-likeness (QED) is 0.854. The zero-order valence-corrected chi connectivity index (χ0v) is 11.9. The van der Waals surface area contributed by atoms with Gasteiger partial charge in [-0.3, -0.25) is 4.79 Å². The highest BCUT2D eigenvalue weighted by molar-refractivity contribution is 6.03. The lowest BCUT2D eigenvalue weighted by atomic mass is 9.86. The van der Waals surface area contributed by atoms with E-state index in [9.17, 15) is 4.79 Å². The van der Waals surface area contributed by atoms with Crippen LogP contribution < -0.4 is 5.32 Å². The third-order valence-electron chi connectivity index (χ3n) is 3.83. The number of carbonyl (C=O) groups is 1. The van der Waals surface area contributed by atoms with Crippen molar-refractivity contribution in [3.63, 3.8) is 0 Å². The summed E-state index contributed by atoms with van der Waals surface area (Å²) < 4.78 is 0. The van der Waals surface area contributed by atoms with E-state index in [0.29, 0.717) is 5.92 Å². The number of nitrogens with one attached hydrogen (secondary N) is 1. The lowest BCUT2D eigenvalue weighted by Crippen LogP contribution is -2.21. The lowest BCUT2D eigenvalue weighted by Gasteiger charge is -2.18. The maximum Gasteiger partial charge on any atom is 0.231 e. The smallest absolute Gasteiger partial charge is 0.231 e. The molecule has 3 rings (SSSR count). The fraction of sp³-hybridized carbons (Fsp3) is 0.278. The number of rotatable bonds is 2. The van der Waals surface area contributed by atoms with Crippen LogP contribution in [0.25, 0.3) is 11.1 Å². The number of amides is 1. The molecule has 0 aromatic heterocycles. The summed E-state index contributed by atoms with van der Waals surface area (Å²) in [5.41, 5.74) is 4.34. The van der Waals surface area contributed by atoms with Crippen molar-refractivity contribution < 1.29 is 4.79 Å². The summed E-state index contributed by atoms with van der Waals surface area (Å²) >= 11 is 0. The van der Waals surface area contributed by atoms with Gasteiger partial charge < -0.3 is 5.32 Å². The minimum atomic E-state index is -0.0707. The van der Waals surface area contributed by atoms with Gasteiger partial charge in [-0.25, -0.2) is 0 Å². The van der Waals surface area contributed by atoms with Crippen molar-refractivity contribution in [3.05, 3.63) is 54.1 Å². The summed E-state index contributed by atoms with van der Waals surface area (Å²) in [6, 6.07) is 16.3. The molecule has 0 radical (unpaired) electrons. The van der Waals surface area contributed by atoms with E-state index in [1.54, 1.807) is 0 Å². The Morgan fingerprint density at radius 3 is 2.40 bits per heavy atom. The fourth-order valence-electron chi connectivity index (χ4n) is 2.94. The Balaban J connectivity index is 2.19. The molecule has 0 saturated carbocycles. The molecule has 1 atom stereocenters.